The largest absolute Gasteiger partial charge is 0.481 e. The fourth-order valence-electron chi connectivity index (χ4n) is 3.00. The van der Waals surface area contributed by atoms with Gasteiger partial charge in [0.1, 0.15) is 5.82 Å². The number of carboxylic acids is 1. The van der Waals surface area contributed by atoms with Crippen LogP contribution >= 0.6 is 0 Å². The summed E-state index contributed by atoms with van der Waals surface area (Å²) >= 11 is 0. The minimum atomic E-state index is -0.761. The van der Waals surface area contributed by atoms with Gasteiger partial charge in [0.25, 0.3) is 5.56 Å². The van der Waals surface area contributed by atoms with E-state index < -0.39 is 5.97 Å². The zero-order chi connectivity index (χ0) is 14.9. The number of H-pyrrole nitrogens is 1. The fraction of sp³-hybridized carbons (Fsp3) is 0.375. The van der Waals surface area contributed by atoms with E-state index in [1.807, 2.05) is 24.3 Å². The highest BCUT2D eigenvalue weighted by molar-refractivity contribution is 5.83. The molecule has 0 amide bonds. The number of carboxylic acid groups (broad SMARTS) is 1. The summed E-state index contributed by atoms with van der Waals surface area (Å²) in [5, 5.41) is 13.8. The smallest absolute Gasteiger partial charge is 0.303 e. The molecule has 1 aliphatic rings. The van der Waals surface area contributed by atoms with Crippen molar-refractivity contribution in [3.8, 4) is 0 Å². The van der Waals surface area contributed by atoms with E-state index in [0.29, 0.717) is 17.7 Å². The van der Waals surface area contributed by atoms with Crippen LogP contribution in [-0.4, -0.2) is 22.6 Å². The van der Waals surface area contributed by atoms with E-state index in [2.05, 4.69) is 10.3 Å². The number of fused-ring (bicyclic) bond motifs is 1. The lowest BCUT2D eigenvalue weighted by Crippen LogP contribution is -2.38. The lowest BCUT2D eigenvalue weighted by molar-refractivity contribution is -0.141. The molecule has 0 saturated heterocycles. The molecule has 1 aliphatic carbocycles. The summed E-state index contributed by atoms with van der Waals surface area (Å²) in [4.78, 5) is 25.8. The van der Waals surface area contributed by atoms with Gasteiger partial charge in [-0.2, -0.15) is 0 Å². The Morgan fingerprint density at radius 2 is 2.10 bits per heavy atom. The van der Waals surface area contributed by atoms with Crippen LogP contribution in [0.2, 0.25) is 0 Å². The van der Waals surface area contributed by atoms with Crippen molar-refractivity contribution >= 4 is 22.6 Å². The maximum atomic E-state index is 12.0. The van der Waals surface area contributed by atoms with Crippen molar-refractivity contribution < 1.29 is 9.90 Å². The molecule has 1 aromatic heterocycles. The predicted molar refractivity (Wildman–Crippen MR) is 81.6 cm³/mol. The maximum absolute atomic E-state index is 12.0. The zero-order valence-electron chi connectivity index (χ0n) is 11.7. The molecule has 0 aliphatic heterocycles. The summed E-state index contributed by atoms with van der Waals surface area (Å²) in [6.45, 7) is 0.577. The molecule has 1 saturated carbocycles. The topological polar surface area (TPSA) is 82.2 Å². The lowest BCUT2D eigenvalue weighted by atomic mass is 9.66. The minimum Gasteiger partial charge on any atom is -0.481 e. The van der Waals surface area contributed by atoms with Crippen molar-refractivity contribution in [1.82, 2.24) is 4.98 Å². The Balaban J connectivity index is 1.79. The highest BCUT2D eigenvalue weighted by atomic mass is 16.4. The summed E-state index contributed by atoms with van der Waals surface area (Å²) < 4.78 is 0. The molecule has 5 heteroatoms. The van der Waals surface area contributed by atoms with Crippen molar-refractivity contribution in [2.75, 3.05) is 11.9 Å². The first-order valence-electron chi connectivity index (χ1n) is 7.16. The van der Waals surface area contributed by atoms with Crippen molar-refractivity contribution in [3.05, 3.63) is 40.7 Å². The third-order valence-corrected chi connectivity index (χ3v) is 4.35. The predicted octanol–water partition coefficient (Wildman–Crippen LogP) is 2.59. The van der Waals surface area contributed by atoms with Crippen molar-refractivity contribution in [2.45, 2.75) is 25.7 Å². The van der Waals surface area contributed by atoms with Crippen LogP contribution in [0.4, 0.5) is 5.82 Å². The standard InChI is InChI=1S/C16H18N2O3/c19-14(20)9-16(6-3-7-16)10-17-13-8-11-4-1-2-5-12(11)15(21)18-13/h1-2,4-5,8H,3,6-7,9-10H2,(H,19,20)(H2,17,18,21). The summed E-state index contributed by atoms with van der Waals surface area (Å²) in [6, 6.07) is 9.30. The number of hydrogen-bond acceptors (Lipinski definition) is 3. The summed E-state index contributed by atoms with van der Waals surface area (Å²) in [5.41, 5.74) is -0.301. The Labute approximate surface area is 122 Å². The van der Waals surface area contributed by atoms with Gasteiger partial charge in [0.2, 0.25) is 0 Å². The number of anilines is 1. The van der Waals surface area contributed by atoms with E-state index in [1.165, 1.54) is 0 Å². The highest BCUT2D eigenvalue weighted by Gasteiger charge is 2.38. The second-order valence-corrected chi connectivity index (χ2v) is 5.88. The monoisotopic (exact) mass is 286 g/mol. The quantitative estimate of drug-likeness (QED) is 0.789. The number of pyridine rings is 1. The van der Waals surface area contributed by atoms with Crippen LogP contribution in [0.3, 0.4) is 0 Å². The number of rotatable bonds is 5. The Morgan fingerprint density at radius 3 is 2.76 bits per heavy atom. The van der Waals surface area contributed by atoms with Gasteiger partial charge in [0, 0.05) is 11.9 Å². The molecule has 1 fully saturated rings. The minimum absolute atomic E-state index is 0.128. The van der Waals surface area contributed by atoms with Crippen LogP contribution < -0.4 is 10.9 Å². The first kappa shape index (κ1) is 13.7. The average Bonchev–Trinajstić information content (AvgIpc) is 2.41. The Bertz CT molecular complexity index is 732. The van der Waals surface area contributed by atoms with Crippen molar-refractivity contribution in [3.63, 3.8) is 0 Å². The van der Waals surface area contributed by atoms with E-state index in [-0.39, 0.29) is 17.4 Å². The van der Waals surface area contributed by atoms with Gasteiger partial charge in [-0.25, -0.2) is 0 Å². The molecule has 3 N–H and O–H groups in total. The molecule has 1 aromatic carbocycles. The molecule has 5 nitrogen and oxygen atoms in total. The maximum Gasteiger partial charge on any atom is 0.303 e. The third kappa shape index (κ3) is 2.77. The van der Waals surface area contributed by atoms with Gasteiger partial charge in [0.05, 0.1) is 6.42 Å². The van der Waals surface area contributed by atoms with Crippen molar-refractivity contribution in [1.29, 1.82) is 0 Å². The van der Waals surface area contributed by atoms with E-state index in [9.17, 15) is 9.59 Å². The number of carbonyl (C=O) groups is 1. The molecular weight excluding hydrogens is 268 g/mol. The summed E-state index contributed by atoms with van der Waals surface area (Å²) in [6.07, 6.45) is 3.09. The molecule has 0 unspecified atom stereocenters. The Hall–Kier alpha value is -2.30. The molecule has 0 radical (unpaired) electrons. The van der Waals surface area contributed by atoms with Gasteiger partial charge in [-0.15, -0.1) is 0 Å². The SMILES string of the molecule is O=C(O)CC1(CNc2cc3ccccc3c(=O)[nH]2)CCC1. The van der Waals surface area contributed by atoms with Gasteiger partial charge in [-0.3, -0.25) is 9.59 Å². The molecule has 3 rings (SSSR count). The number of nitrogens with one attached hydrogen (secondary N) is 2. The fourth-order valence-corrected chi connectivity index (χ4v) is 3.00. The zero-order valence-corrected chi connectivity index (χ0v) is 11.7. The van der Waals surface area contributed by atoms with Crippen LogP contribution in [0.1, 0.15) is 25.7 Å². The van der Waals surface area contributed by atoms with E-state index in [0.717, 1.165) is 24.6 Å². The Kier molecular flexibility index (Phi) is 3.41. The second-order valence-electron chi connectivity index (χ2n) is 5.88. The van der Waals surface area contributed by atoms with Gasteiger partial charge >= 0.3 is 5.97 Å². The van der Waals surface area contributed by atoms with Crippen LogP contribution in [0.25, 0.3) is 10.8 Å². The number of aromatic nitrogens is 1. The molecular formula is C16H18N2O3. The summed E-state index contributed by atoms with van der Waals surface area (Å²) in [5.74, 6) is -0.112. The number of benzene rings is 1. The normalized spacial score (nSPS) is 16.4. The number of aromatic amines is 1. The number of hydrogen-bond donors (Lipinski definition) is 3. The Morgan fingerprint density at radius 1 is 1.33 bits per heavy atom. The molecule has 0 bridgehead atoms. The molecule has 21 heavy (non-hydrogen) atoms. The molecule has 0 spiro atoms. The second kappa shape index (κ2) is 5.24. The van der Waals surface area contributed by atoms with Crippen LogP contribution in [0, 0.1) is 5.41 Å². The van der Waals surface area contributed by atoms with E-state index in [1.54, 1.807) is 6.07 Å². The van der Waals surface area contributed by atoms with Gasteiger partial charge in [0.15, 0.2) is 0 Å². The van der Waals surface area contributed by atoms with E-state index in [4.69, 9.17) is 5.11 Å². The number of aliphatic carboxylic acids is 1. The third-order valence-electron chi connectivity index (χ3n) is 4.35. The first-order chi connectivity index (χ1) is 10.1. The van der Waals surface area contributed by atoms with Crippen molar-refractivity contribution in [2.24, 2.45) is 5.41 Å². The summed E-state index contributed by atoms with van der Waals surface area (Å²) in [7, 11) is 0. The molecule has 1 heterocycles. The van der Waals surface area contributed by atoms with Gasteiger partial charge < -0.3 is 15.4 Å². The molecule has 110 valence electrons. The van der Waals surface area contributed by atoms with Gasteiger partial charge in [-0.1, -0.05) is 24.6 Å². The molecule has 2 aromatic rings. The average molecular weight is 286 g/mol. The first-order valence-corrected chi connectivity index (χ1v) is 7.16. The molecule has 0 atom stereocenters. The van der Waals surface area contributed by atoms with Crippen LogP contribution in [-0.2, 0) is 4.79 Å². The van der Waals surface area contributed by atoms with Crippen LogP contribution in [0.15, 0.2) is 35.1 Å². The van der Waals surface area contributed by atoms with E-state index >= 15 is 0 Å². The highest BCUT2D eigenvalue weighted by Crippen LogP contribution is 2.43. The van der Waals surface area contributed by atoms with Crippen LogP contribution in [0.5, 0.6) is 0 Å². The lowest BCUT2D eigenvalue weighted by Gasteiger charge is -2.41. The van der Waals surface area contributed by atoms with Gasteiger partial charge in [-0.05, 0) is 35.8 Å².